The smallest absolute Gasteiger partial charge is 0.0203 e. The van der Waals surface area contributed by atoms with Gasteiger partial charge in [-0.1, -0.05) is 53.7 Å². The van der Waals surface area contributed by atoms with Crippen molar-refractivity contribution >= 4 is 0 Å². The summed E-state index contributed by atoms with van der Waals surface area (Å²) in [5, 5.41) is 0. The molecule has 0 spiro atoms. The molecule has 0 aliphatic carbocycles. The van der Waals surface area contributed by atoms with Gasteiger partial charge in [-0.25, -0.2) is 0 Å². The number of hydrogen-bond donors (Lipinski definition) is 0. The Kier molecular flexibility index (Phi) is 2.70. The molecular weight excluding hydrogens is 120 g/mol. The van der Waals surface area contributed by atoms with E-state index in [2.05, 4.69) is 53.7 Å². The highest BCUT2D eigenvalue weighted by atomic mass is 14.1. The summed E-state index contributed by atoms with van der Waals surface area (Å²) < 4.78 is 0. The van der Waals surface area contributed by atoms with Crippen LogP contribution < -0.4 is 0 Å². The third-order valence-corrected chi connectivity index (χ3v) is 1.08. The molecule has 0 rings (SSSR count). The maximum atomic E-state index is 2.27. The van der Waals surface area contributed by atoms with Crippen molar-refractivity contribution in [2.45, 2.75) is 41.5 Å². The van der Waals surface area contributed by atoms with E-state index >= 15 is 0 Å². The molecule has 0 aliphatic rings. The van der Waals surface area contributed by atoms with Crippen LogP contribution in [0.4, 0.5) is 0 Å². The molecular formula is C10H20. The lowest BCUT2D eigenvalue weighted by Crippen LogP contribution is -2.04. The minimum absolute atomic E-state index is 0.327. The molecule has 0 nitrogen and oxygen atoms in total. The largest absolute Gasteiger partial charge is 0.0826 e. The lowest BCUT2D eigenvalue weighted by Gasteiger charge is -2.17. The van der Waals surface area contributed by atoms with Gasteiger partial charge in [0.2, 0.25) is 0 Å². The van der Waals surface area contributed by atoms with Gasteiger partial charge in [0.1, 0.15) is 0 Å². The van der Waals surface area contributed by atoms with Crippen molar-refractivity contribution in [1.82, 2.24) is 0 Å². The zero-order valence-corrected chi connectivity index (χ0v) is 8.15. The molecule has 0 heterocycles. The molecule has 0 N–H and O–H groups in total. The number of rotatable bonds is 0. The Labute approximate surface area is 65.3 Å². The molecule has 0 heteroatoms. The maximum absolute atomic E-state index is 2.27. The van der Waals surface area contributed by atoms with Crippen LogP contribution in [0.25, 0.3) is 0 Å². The molecule has 0 aliphatic heterocycles. The van der Waals surface area contributed by atoms with Crippen LogP contribution in [-0.4, -0.2) is 0 Å². The minimum Gasteiger partial charge on any atom is -0.0826 e. The van der Waals surface area contributed by atoms with Gasteiger partial charge in [0.25, 0.3) is 0 Å². The van der Waals surface area contributed by atoms with Gasteiger partial charge in [-0.15, -0.1) is 0 Å². The summed E-state index contributed by atoms with van der Waals surface area (Å²) in [6.45, 7) is 13.3. The average Bonchev–Trinajstić information content (AvgIpc) is 1.57. The lowest BCUT2D eigenvalue weighted by molar-refractivity contribution is 0.502. The lowest BCUT2D eigenvalue weighted by atomic mass is 9.89. The van der Waals surface area contributed by atoms with E-state index in [1.807, 2.05) is 0 Å². The Morgan fingerprint density at radius 1 is 0.600 bits per heavy atom. The third kappa shape index (κ3) is 7.74. The van der Waals surface area contributed by atoms with E-state index in [9.17, 15) is 0 Å². The molecule has 0 atom stereocenters. The van der Waals surface area contributed by atoms with Crippen LogP contribution >= 0.6 is 0 Å². The van der Waals surface area contributed by atoms with Crippen molar-refractivity contribution in [2.24, 2.45) is 10.8 Å². The topological polar surface area (TPSA) is 0 Å². The first-order valence-electron chi connectivity index (χ1n) is 3.91. The van der Waals surface area contributed by atoms with Crippen molar-refractivity contribution in [3.8, 4) is 0 Å². The fraction of sp³-hybridized carbons (Fsp3) is 0.800. The third-order valence-electron chi connectivity index (χ3n) is 1.08. The van der Waals surface area contributed by atoms with Crippen LogP contribution in [0.2, 0.25) is 0 Å². The Bertz CT molecular complexity index is 100.0. The van der Waals surface area contributed by atoms with Crippen LogP contribution in [0.5, 0.6) is 0 Å². The fourth-order valence-electron chi connectivity index (χ4n) is 0.500. The molecule has 0 aromatic carbocycles. The van der Waals surface area contributed by atoms with E-state index in [1.165, 1.54) is 0 Å². The molecule has 0 aromatic rings. The first kappa shape index (κ1) is 9.74. The zero-order chi connectivity index (χ0) is 8.41. The summed E-state index contributed by atoms with van der Waals surface area (Å²) in [5.41, 5.74) is 0.653. The van der Waals surface area contributed by atoms with Gasteiger partial charge in [-0.3, -0.25) is 0 Å². The SMILES string of the molecule is CC(C)(C)/C=C/C(C)(C)C. The predicted molar refractivity (Wildman–Crippen MR) is 48.1 cm³/mol. The van der Waals surface area contributed by atoms with Crippen LogP contribution in [0.3, 0.4) is 0 Å². The standard InChI is InChI=1S/C10H20/c1-9(2,3)7-8-10(4,5)6/h7-8H,1-6H3/b8-7+. The van der Waals surface area contributed by atoms with Gasteiger partial charge in [-0.05, 0) is 10.8 Å². The normalized spacial score (nSPS) is 14.6. The van der Waals surface area contributed by atoms with E-state index in [-0.39, 0.29) is 0 Å². The molecule has 0 unspecified atom stereocenters. The average molecular weight is 140 g/mol. The van der Waals surface area contributed by atoms with Crippen molar-refractivity contribution in [2.75, 3.05) is 0 Å². The first-order valence-corrected chi connectivity index (χ1v) is 3.91. The van der Waals surface area contributed by atoms with E-state index in [1.54, 1.807) is 0 Å². The van der Waals surface area contributed by atoms with Crippen LogP contribution in [0.15, 0.2) is 12.2 Å². The van der Waals surface area contributed by atoms with E-state index < -0.39 is 0 Å². The number of allylic oxidation sites excluding steroid dienone is 2. The van der Waals surface area contributed by atoms with E-state index in [0.717, 1.165) is 0 Å². The van der Waals surface area contributed by atoms with Crippen molar-refractivity contribution < 1.29 is 0 Å². The Morgan fingerprint density at radius 2 is 0.800 bits per heavy atom. The zero-order valence-electron chi connectivity index (χ0n) is 8.15. The molecule has 0 fully saturated rings. The van der Waals surface area contributed by atoms with Crippen LogP contribution in [0, 0.1) is 10.8 Å². The second-order valence-corrected chi connectivity index (χ2v) is 5.07. The van der Waals surface area contributed by atoms with Crippen molar-refractivity contribution in [1.29, 1.82) is 0 Å². The summed E-state index contributed by atoms with van der Waals surface area (Å²) >= 11 is 0. The van der Waals surface area contributed by atoms with Crippen molar-refractivity contribution in [3.63, 3.8) is 0 Å². The van der Waals surface area contributed by atoms with Gasteiger partial charge in [0, 0.05) is 0 Å². The maximum Gasteiger partial charge on any atom is -0.0203 e. The predicted octanol–water partition coefficient (Wildman–Crippen LogP) is 3.63. The van der Waals surface area contributed by atoms with Crippen LogP contribution in [0.1, 0.15) is 41.5 Å². The Morgan fingerprint density at radius 3 is 0.900 bits per heavy atom. The van der Waals surface area contributed by atoms with Crippen molar-refractivity contribution in [3.05, 3.63) is 12.2 Å². The van der Waals surface area contributed by atoms with Gasteiger partial charge in [0.15, 0.2) is 0 Å². The number of hydrogen-bond acceptors (Lipinski definition) is 0. The molecule has 0 radical (unpaired) electrons. The van der Waals surface area contributed by atoms with Gasteiger partial charge < -0.3 is 0 Å². The molecule has 60 valence electrons. The summed E-state index contributed by atoms with van der Waals surface area (Å²) in [6, 6.07) is 0. The highest BCUT2D eigenvalue weighted by Crippen LogP contribution is 2.21. The summed E-state index contributed by atoms with van der Waals surface area (Å²) in [5.74, 6) is 0. The minimum atomic E-state index is 0.327. The first-order chi connectivity index (χ1) is 4.21. The van der Waals surface area contributed by atoms with E-state index in [4.69, 9.17) is 0 Å². The highest BCUT2D eigenvalue weighted by molar-refractivity contribution is 4.98. The highest BCUT2D eigenvalue weighted by Gasteiger charge is 2.08. The quantitative estimate of drug-likeness (QED) is 0.451. The molecule has 0 bridgehead atoms. The molecule has 0 amide bonds. The van der Waals surface area contributed by atoms with Gasteiger partial charge >= 0.3 is 0 Å². The van der Waals surface area contributed by atoms with E-state index in [0.29, 0.717) is 10.8 Å². The Hall–Kier alpha value is -0.260. The van der Waals surface area contributed by atoms with Gasteiger partial charge in [-0.2, -0.15) is 0 Å². The van der Waals surface area contributed by atoms with Gasteiger partial charge in [0.05, 0.1) is 0 Å². The summed E-state index contributed by atoms with van der Waals surface area (Å²) in [4.78, 5) is 0. The Balaban J connectivity index is 4.01. The monoisotopic (exact) mass is 140 g/mol. The van der Waals surface area contributed by atoms with Crippen LogP contribution in [-0.2, 0) is 0 Å². The fourth-order valence-corrected chi connectivity index (χ4v) is 0.500. The molecule has 0 aromatic heterocycles. The second-order valence-electron chi connectivity index (χ2n) is 5.07. The molecule has 0 saturated carbocycles. The summed E-state index contributed by atoms with van der Waals surface area (Å²) in [7, 11) is 0. The second kappa shape index (κ2) is 2.77. The summed E-state index contributed by atoms with van der Waals surface area (Å²) in [6.07, 6.45) is 4.54. The molecule has 10 heavy (non-hydrogen) atoms. The molecule has 0 saturated heterocycles.